The van der Waals surface area contributed by atoms with Crippen LogP contribution in [-0.4, -0.2) is 24.8 Å². The predicted molar refractivity (Wildman–Crippen MR) is 91.1 cm³/mol. The zero-order valence-electron chi connectivity index (χ0n) is 14.3. The van der Waals surface area contributed by atoms with Crippen LogP contribution in [0.2, 0.25) is 0 Å². The molecule has 2 aromatic rings. The lowest BCUT2D eigenvalue weighted by atomic mass is 9.95. The van der Waals surface area contributed by atoms with Gasteiger partial charge in [0.15, 0.2) is 11.5 Å². The van der Waals surface area contributed by atoms with E-state index in [1.54, 1.807) is 7.11 Å². The summed E-state index contributed by atoms with van der Waals surface area (Å²) in [6.07, 6.45) is 5.60. The Morgan fingerprint density at radius 1 is 1.28 bits per heavy atom. The second kappa shape index (κ2) is 6.78. The van der Waals surface area contributed by atoms with Crippen LogP contribution in [-0.2, 0) is 12.8 Å². The van der Waals surface area contributed by atoms with Crippen molar-refractivity contribution in [2.24, 2.45) is 0 Å². The van der Waals surface area contributed by atoms with Gasteiger partial charge in [-0.25, -0.2) is 0 Å². The molecule has 1 aromatic carbocycles. The average molecular weight is 342 g/mol. The van der Waals surface area contributed by atoms with Gasteiger partial charge in [0.2, 0.25) is 5.76 Å². The van der Waals surface area contributed by atoms with Gasteiger partial charge in [-0.2, -0.15) is 0 Å². The van der Waals surface area contributed by atoms with Crippen LogP contribution in [0.1, 0.15) is 59.1 Å². The van der Waals surface area contributed by atoms with E-state index in [-0.39, 0.29) is 11.9 Å². The van der Waals surface area contributed by atoms with E-state index in [1.165, 1.54) is 0 Å². The second-order valence-electron chi connectivity index (χ2n) is 6.54. The maximum atomic E-state index is 12.8. The molecule has 0 saturated carbocycles. The van der Waals surface area contributed by atoms with Crippen molar-refractivity contribution in [3.05, 3.63) is 40.8 Å². The summed E-state index contributed by atoms with van der Waals surface area (Å²) < 4.78 is 16.6. The van der Waals surface area contributed by atoms with Crippen molar-refractivity contribution in [2.45, 2.75) is 44.6 Å². The van der Waals surface area contributed by atoms with Gasteiger partial charge in [0, 0.05) is 11.1 Å². The quantitative estimate of drug-likeness (QED) is 0.927. The van der Waals surface area contributed by atoms with Gasteiger partial charge in [0.05, 0.1) is 25.5 Å². The topological polar surface area (TPSA) is 73.6 Å². The summed E-state index contributed by atoms with van der Waals surface area (Å²) in [6, 6.07) is 5.63. The van der Waals surface area contributed by atoms with Gasteiger partial charge in [0.1, 0.15) is 0 Å². The van der Waals surface area contributed by atoms with Crippen LogP contribution in [0.25, 0.3) is 0 Å². The molecule has 1 aromatic heterocycles. The van der Waals surface area contributed by atoms with Crippen LogP contribution >= 0.6 is 0 Å². The molecule has 132 valence electrons. The molecule has 1 N–H and O–H groups in total. The summed E-state index contributed by atoms with van der Waals surface area (Å²) in [6.45, 7) is 0.609. The molecular formula is C19H22N2O4. The number of fused-ring (bicyclic) bond motifs is 2. The molecule has 4 rings (SSSR count). The van der Waals surface area contributed by atoms with Gasteiger partial charge in [-0.15, -0.1) is 0 Å². The van der Waals surface area contributed by atoms with E-state index in [4.69, 9.17) is 14.0 Å². The number of carbonyl (C=O) groups excluding carboxylic acids is 1. The lowest BCUT2D eigenvalue weighted by Crippen LogP contribution is -2.29. The zero-order chi connectivity index (χ0) is 17.2. The maximum absolute atomic E-state index is 12.8. The molecule has 1 aliphatic carbocycles. The first-order valence-corrected chi connectivity index (χ1v) is 8.86. The van der Waals surface area contributed by atoms with Crippen molar-refractivity contribution in [1.29, 1.82) is 0 Å². The summed E-state index contributed by atoms with van der Waals surface area (Å²) in [4.78, 5) is 12.8. The fourth-order valence-corrected chi connectivity index (χ4v) is 3.68. The van der Waals surface area contributed by atoms with Crippen LogP contribution in [0.3, 0.4) is 0 Å². The van der Waals surface area contributed by atoms with Crippen LogP contribution in [0.4, 0.5) is 0 Å². The first-order chi connectivity index (χ1) is 12.3. The molecule has 0 radical (unpaired) electrons. The number of amides is 1. The molecule has 0 saturated heterocycles. The molecule has 1 unspecified atom stereocenters. The normalized spacial score (nSPS) is 19.2. The lowest BCUT2D eigenvalue weighted by Gasteiger charge is -2.19. The Balaban J connectivity index is 1.61. The molecule has 1 aliphatic heterocycles. The first kappa shape index (κ1) is 16.0. The Hall–Kier alpha value is -2.50. The number of carbonyl (C=O) groups is 1. The Kier molecular flexibility index (Phi) is 4.34. The molecular weight excluding hydrogens is 320 g/mol. The van der Waals surface area contributed by atoms with Crippen molar-refractivity contribution in [3.8, 4) is 11.5 Å². The molecule has 0 spiro atoms. The zero-order valence-corrected chi connectivity index (χ0v) is 14.3. The SMILES string of the molecule is COc1cccc2c1OCCCC2NC(=O)c1onc2c1CCCC2. The highest BCUT2D eigenvalue weighted by molar-refractivity contribution is 5.93. The van der Waals surface area contributed by atoms with Gasteiger partial charge in [0.25, 0.3) is 5.91 Å². The lowest BCUT2D eigenvalue weighted by molar-refractivity contribution is 0.0896. The van der Waals surface area contributed by atoms with Crippen molar-refractivity contribution in [3.63, 3.8) is 0 Å². The van der Waals surface area contributed by atoms with Crippen LogP contribution in [0.5, 0.6) is 11.5 Å². The molecule has 25 heavy (non-hydrogen) atoms. The summed E-state index contributed by atoms with van der Waals surface area (Å²) in [7, 11) is 1.62. The molecule has 1 amide bonds. The van der Waals surface area contributed by atoms with E-state index < -0.39 is 0 Å². The Bertz CT molecular complexity index is 784. The molecule has 0 bridgehead atoms. The highest BCUT2D eigenvalue weighted by Crippen LogP contribution is 2.38. The van der Waals surface area contributed by atoms with Gasteiger partial charge in [-0.05, 0) is 44.6 Å². The number of nitrogens with one attached hydrogen (secondary N) is 1. The summed E-state index contributed by atoms with van der Waals surface area (Å²) >= 11 is 0. The number of ether oxygens (including phenoxy) is 2. The predicted octanol–water partition coefficient (Wildman–Crippen LogP) is 3.21. The fraction of sp³-hybridized carbons (Fsp3) is 0.474. The number of methoxy groups -OCH3 is 1. The van der Waals surface area contributed by atoms with E-state index in [1.807, 2.05) is 18.2 Å². The Morgan fingerprint density at radius 2 is 2.16 bits per heavy atom. The minimum atomic E-state index is -0.198. The van der Waals surface area contributed by atoms with Crippen LogP contribution in [0.15, 0.2) is 22.7 Å². The third-order valence-corrected chi connectivity index (χ3v) is 4.96. The number of rotatable bonds is 3. The molecule has 0 fully saturated rings. The number of hydrogen-bond acceptors (Lipinski definition) is 5. The molecule has 6 heteroatoms. The second-order valence-corrected chi connectivity index (χ2v) is 6.54. The van der Waals surface area contributed by atoms with E-state index in [2.05, 4.69) is 10.5 Å². The number of aromatic nitrogens is 1. The van der Waals surface area contributed by atoms with Crippen molar-refractivity contribution < 1.29 is 18.8 Å². The number of hydrogen-bond donors (Lipinski definition) is 1. The highest BCUT2D eigenvalue weighted by atomic mass is 16.5. The third-order valence-electron chi connectivity index (χ3n) is 4.96. The van der Waals surface area contributed by atoms with Gasteiger partial charge >= 0.3 is 0 Å². The maximum Gasteiger partial charge on any atom is 0.290 e. The molecule has 6 nitrogen and oxygen atoms in total. The minimum Gasteiger partial charge on any atom is -0.493 e. The monoisotopic (exact) mass is 342 g/mol. The van der Waals surface area contributed by atoms with E-state index in [9.17, 15) is 4.79 Å². The van der Waals surface area contributed by atoms with Gasteiger partial charge in [-0.1, -0.05) is 17.3 Å². The molecule has 2 heterocycles. The van der Waals surface area contributed by atoms with Gasteiger partial charge in [-0.3, -0.25) is 4.79 Å². The summed E-state index contributed by atoms with van der Waals surface area (Å²) in [5.41, 5.74) is 2.85. The Morgan fingerprint density at radius 3 is 3.04 bits per heavy atom. The van der Waals surface area contributed by atoms with Crippen LogP contribution < -0.4 is 14.8 Å². The molecule has 2 aliphatic rings. The Labute approximate surface area is 146 Å². The number of nitrogens with zero attached hydrogens (tertiary/aromatic N) is 1. The van der Waals surface area contributed by atoms with E-state index >= 15 is 0 Å². The molecule has 1 atom stereocenters. The van der Waals surface area contributed by atoms with E-state index in [0.29, 0.717) is 23.9 Å². The van der Waals surface area contributed by atoms with E-state index in [0.717, 1.165) is 55.3 Å². The third kappa shape index (κ3) is 2.97. The summed E-state index contributed by atoms with van der Waals surface area (Å²) in [5, 5.41) is 7.19. The highest BCUT2D eigenvalue weighted by Gasteiger charge is 2.28. The number of para-hydroxylation sites is 1. The minimum absolute atomic E-state index is 0.135. The van der Waals surface area contributed by atoms with Crippen LogP contribution in [0, 0.1) is 0 Å². The van der Waals surface area contributed by atoms with Crippen molar-refractivity contribution in [1.82, 2.24) is 10.5 Å². The van der Waals surface area contributed by atoms with Crippen molar-refractivity contribution in [2.75, 3.05) is 13.7 Å². The van der Waals surface area contributed by atoms with Gasteiger partial charge < -0.3 is 19.3 Å². The van der Waals surface area contributed by atoms with Crippen molar-refractivity contribution >= 4 is 5.91 Å². The summed E-state index contributed by atoms with van der Waals surface area (Å²) in [5.74, 6) is 1.57. The smallest absolute Gasteiger partial charge is 0.290 e. The number of benzene rings is 1. The first-order valence-electron chi connectivity index (χ1n) is 8.86. The fourth-order valence-electron chi connectivity index (χ4n) is 3.68. The number of aryl methyl sites for hydroxylation is 1. The standard InChI is InChI=1S/C19H22N2O4/c1-23-16-10-4-7-12-14(9-5-11-24-17(12)16)20-19(22)18-13-6-2-3-8-15(13)21-25-18/h4,7,10,14H,2-3,5-6,8-9,11H2,1H3,(H,20,22). The average Bonchev–Trinajstić information content (AvgIpc) is 2.98. The largest absolute Gasteiger partial charge is 0.493 e.